The third kappa shape index (κ3) is 5.05. The summed E-state index contributed by atoms with van der Waals surface area (Å²) >= 11 is 1.72. The molecule has 30 heavy (non-hydrogen) atoms. The van der Waals surface area contributed by atoms with Crippen molar-refractivity contribution in [1.82, 2.24) is 9.88 Å². The second kappa shape index (κ2) is 9.66. The van der Waals surface area contributed by atoms with E-state index < -0.39 is 6.29 Å². The van der Waals surface area contributed by atoms with Crippen molar-refractivity contribution in [3.8, 4) is 17.2 Å². The van der Waals surface area contributed by atoms with Crippen molar-refractivity contribution in [3.05, 3.63) is 71.6 Å². The maximum atomic E-state index is 9.49. The van der Waals surface area contributed by atoms with Gasteiger partial charge in [0.05, 0.1) is 18.3 Å². The number of aromatic nitrogens is 1. The fraction of sp³-hybridized carbons (Fsp3) is 0.348. The monoisotopic (exact) mass is 426 g/mol. The normalized spacial score (nSPS) is 17.0. The van der Waals surface area contributed by atoms with Crippen molar-refractivity contribution in [3.63, 3.8) is 0 Å². The van der Waals surface area contributed by atoms with Crippen molar-refractivity contribution in [2.24, 2.45) is 0 Å². The number of aryl methyl sites for hydroxylation is 1. The topological polar surface area (TPSA) is 79.0 Å². The zero-order chi connectivity index (χ0) is 20.9. The molecule has 1 atom stereocenters. The van der Waals surface area contributed by atoms with Crippen LogP contribution in [-0.2, 0) is 13.0 Å². The van der Waals surface area contributed by atoms with Gasteiger partial charge in [0.15, 0.2) is 6.29 Å². The number of benzene rings is 2. The van der Waals surface area contributed by atoms with Crippen LogP contribution in [0, 0.1) is 6.92 Å². The molecule has 2 aromatic carbocycles. The molecule has 0 aliphatic carbocycles. The second-order valence-electron chi connectivity index (χ2n) is 7.36. The Labute approximate surface area is 180 Å². The molecule has 0 bridgehead atoms. The lowest BCUT2D eigenvalue weighted by Gasteiger charge is -2.24. The van der Waals surface area contributed by atoms with Crippen molar-refractivity contribution >= 4 is 11.8 Å². The summed E-state index contributed by atoms with van der Waals surface area (Å²) in [7, 11) is 0. The van der Waals surface area contributed by atoms with Gasteiger partial charge in [-0.25, -0.2) is 4.98 Å². The van der Waals surface area contributed by atoms with Crippen molar-refractivity contribution < 1.29 is 19.4 Å². The number of aliphatic hydroxyl groups is 2. The van der Waals surface area contributed by atoms with Crippen molar-refractivity contribution in [1.29, 1.82) is 0 Å². The van der Waals surface area contributed by atoms with Gasteiger partial charge in [-0.3, -0.25) is 4.90 Å². The number of ether oxygens (including phenoxy) is 1. The predicted octanol–water partition coefficient (Wildman–Crippen LogP) is 3.46. The molecule has 6 nitrogen and oxygen atoms in total. The minimum absolute atomic E-state index is 0.211. The van der Waals surface area contributed by atoms with Crippen LogP contribution in [0.1, 0.15) is 17.0 Å². The molecular weight excluding hydrogens is 400 g/mol. The minimum atomic E-state index is -1.30. The lowest BCUT2D eigenvalue weighted by molar-refractivity contribution is -0.0882. The highest BCUT2D eigenvalue weighted by Crippen LogP contribution is 2.25. The molecule has 3 aromatic rings. The molecule has 1 aromatic heterocycles. The van der Waals surface area contributed by atoms with E-state index in [-0.39, 0.29) is 6.04 Å². The predicted molar refractivity (Wildman–Crippen MR) is 117 cm³/mol. The first-order valence-electron chi connectivity index (χ1n) is 10.0. The largest absolute Gasteiger partial charge is 0.493 e. The summed E-state index contributed by atoms with van der Waals surface area (Å²) < 4.78 is 11.7. The van der Waals surface area contributed by atoms with Crippen LogP contribution in [0.5, 0.6) is 5.75 Å². The quantitative estimate of drug-likeness (QED) is 0.534. The fourth-order valence-electron chi connectivity index (χ4n) is 3.48. The van der Waals surface area contributed by atoms with E-state index in [1.54, 1.807) is 11.8 Å². The van der Waals surface area contributed by atoms with Crippen LogP contribution in [0.4, 0.5) is 0 Å². The van der Waals surface area contributed by atoms with Crippen LogP contribution >= 0.6 is 11.8 Å². The average Bonchev–Trinajstić information content (AvgIpc) is 3.37. The molecule has 1 fully saturated rings. The van der Waals surface area contributed by atoms with Crippen LogP contribution in [0.25, 0.3) is 11.5 Å². The van der Waals surface area contributed by atoms with Gasteiger partial charge in [-0.2, -0.15) is 0 Å². The maximum Gasteiger partial charge on any atom is 0.226 e. The van der Waals surface area contributed by atoms with E-state index in [4.69, 9.17) is 9.15 Å². The van der Waals surface area contributed by atoms with Crippen LogP contribution < -0.4 is 4.74 Å². The fourth-order valence-corrected chi connectivity index (χ4v) is 4.73. The third-order valence-electron chi connectivity index (χ3n) is 5.19. The molecule has 1 saturated heterocycles. The Morgan fingerprint density at radius 3 is 2.67 bits per heavy atom. The molecule has 1 aliphatic heterocycles. The van der Waals surface area contributed by atoms with E-state index in [1.165, 1.54) is 0 Å². The van der Waals surface area contributed by atoms with Crippen LogP contribution in [0.3, 0.4) is 0 Å². The van der Waals surface area contributed by atoms with Gasteiger partial charge in [0.1, 0.15) is 11.5 Å². The van der Waals surface area contributed by atoms with Crippen molar-refractivity contribution in [2.45, 2.75) is 32.2 Å². The van der Waals surface area contributed by atoms with Gasteiger partial charge in [0.2, 0.25) is 5.89 Å². The van der Waals surface area contributed by atoms with Gasteiger partial charge in [-0.1, -0.05) is 30.3 Å². The highest BCUT2D eigenvalue weighted by Gasteiger charge is 2.29. The molecule has 158 valence electrons. The summed E-state index contributed by atoms with van der Waals surface area (Å²) in [5, 5.41) is 19.0. The number of oxazole rings is 1. The van der Waals surface area contributed by atoms with E-state index in [0.717, 1.165) is 40.0 Å². The Kier molecular flexibility index (Phi) is 6.74. The number of rotatable bonds is 8. The molecule has 0 unspecified atom stereocenters. The van der Waals surface area contributed by atoms with Gasteiger partial charge in [-0.15, -0.1) is 11.8 Å². The third-order valence-corrected chi connectivity index (χ3v) is 6.28. The smallest absolute Gasteiger partial charge is 0.226 e. The lowest BCUT2D eigenvalue weighted by atomic mass is 10.2. The number of hydrogen-bond acceptors (Lipinski definition) is 7. The summed E-state index contributed by atoms with van der Waals surface area (Å²) in [6.07, 6.45) is -0.629. The number of hydrogen-bond donors (Lipinski definition) is 2. The first kappa shape index (κ1) is 20.9. The molecule has 7 heteroatoms. The number of thioether (sulfide) groups is 1. The molecule has 2 heterocycles. The highest BCUT2D eigenvalue weighted by atomic mass is 32.2. The zero-order valence-electron chi connectivity index (χ0n) is 16.9. The van der Waals surface area contributed by atoms with E-state index in [1.807, 2.05) is 61.5 Å². The Morgan fingerprint density at radius 2 is 1.93 bits per heavy atom. The van der Waals surface area contributed by atoms with E-state index in [2.05, 4.69) is 9.88 Å². The second-order valence-corrected chi connectivity index (χ2v) is 8.36. The van der Waals surface area contributed by atoms with Gasteiger partial charge >= 0.3 is 0 Å². The molecule has 0 spiro atoms. The molecule has 2 N–H and O–H groups in total. The summed E-state index contributed by atoms with van der Waals surface area (Å²) in [6.45, 7) is 3.13. The average molecular weight is 427 g/mol. The summed E-state index contributed by atoms with van der Waals surface area (Å²) in [4.78, 5) is 6.70. The molecule has 1 aliphatic rings. The summed E-state index contributed by atoms with van der Waals surface area (Å²) in [5.41, 5.74) is 3.00. The zero-order valence-corrected chi connectivity index (χ0v) is 17.7. The SMILES string of the molecule is Cc1oc(-c2ccccc2)nc1CCOc1ccc(CN2CSC[C@H]2C(O)O)cc1. The Hall–Kier alpha value is -2.32. The lowest BCUT2D eigenvalue weighted by Crippen LogP contribution is -2.40. The van der Waals surface area contributed by atoms with Crippen LogP contribution in [0.15, 0.2) is 59.0 Å². The van der Waals surface area contributed by atoms with Gasteiger partial charge in [0, 0.05) is 30.2 Å². The number of aliphatic hydroxyl groups excluding tert-OH is 1. The minimum Gasteiger partial charge on any atom is -0.493 e. The standard InChI is InChI=1S/C23H26N2O4S/c1-16-20(24-22(29-16)18-5-3-2-4-6-18)11-12-28-19-9-7-17(8-10-19)13-25-15-30-14-21(25)23(26)27/h2-10,21,23,26-27H,11-15H2,1H3/t21-/m0/s1. The van der Waals surface area contributed by atoms with E-state index in [9.17, 15) is 10.2 Å². The first-order chi connectivity index (χ1) is 14.6. The molecule has 0 saturated carbocycles. The molecule has 4 rings (SSSR count). The summed E-state index contributed by atoms with van der Waals surface area (Å²) in [5.74, 6) is 3.81. The van der Waals surface area contributed by atoms with Gasteiger partial charge in [0.25, 0.3) is 0 Å². The van der Waals surface area contributed by atoms with Crippen LogP contribution in [-0.4, -0.2) is 50.7 Å². The number of nitrogens with zero attached hydrogens (tertiary/aromatic N) is 2. The molecular formula is C23H26N2O4S. The van der Waals surface area contributed by atoms with Gasteiger partial charge in [-0.05, 0) is 36.8 Å². The van der Waals surface area contributed by atoms with Gasteiger partial charge < -0.3 is 19.4 Å². The summed E-state index contributed by atoms with van der Waals surface area (Å²) in [6, 6.07) is 17.6. The molecule has 0 amide bonds. The Morgan fingerprint density at radius 1 is 1.17 bits per heavy atom. The van der Waals surface area contributed by atoms with Crippen molar-refractivity contribution in [2.75, 3.05) is 18.2 Å². The van der Waals surface area contributed by atoms with Crippen LogP contribution in [0.2, 0.25) is 0 Å². The molecule has 0 radical (unpaired) electrons. The Balaban J connectivity index is 1.29. The Bertz CT molecular complexity index is 944. The highest BCUT2D eigenvalue weighted by molar-refractivity contribution is 7.99. The van der Waals surface area contributed by atoms with E-state index >= 15 is 0 Å². The maximum absolute atomic E-state index is 9.49. The van der Waals surface area contributed by atoms with E-state index in [0.29, 0.717) is 25.5 Å². The first-order valence-corrected chi connectivity index (χ1v) is 11.2.